The topological polar surface area (TPSA) is 95.7 Å². The van der Waals surface area contributed by atoms with Crippen LogP contribution in [0.5, 0.6) is 11.5 Å². The number of unbranched alkanes of at least 4 members (excludes halogenated alkanes) is 6. The van der Waals surface area contributed by atoms with E-state index < -0.39 is 5.97 Å². The van der Waals surface area contributed by atoms with Gasteiger partial charge in [0.25, 0.3) is 0 Å². The maximum absolute atomic E-state index is 11.2. The average Bonchev–Trinajstić information content (AvgIpc) is 3.09. The molecule has 0 bridgehead atoms. The summed E-state index contributed by atoms with van der Waals surface area (Å²) in [7, 11) is 0. The van der Waals surface area contributed by atoms with Gasteiger partial charge in [0.05, 0.1) is 18.9 Å². The highest BCUT2D eigenvalue weighted by atomic mass is 16.5. The average molecular weight is 618 g/mol. The van der Waals surface area contributed by atoms with E-state index in [4.69, 9.17) is 19.8 Å². The third-order valence-electron chi connectivity index (χ3n) is 7.59. The zero-order chi connectivity index (χ0) is 32.6. The van der Waals surface area contributed by atoms with Crippen LogP contribution in [0.3, 0.4) is 0 Å². The normalized spacial score (nSPS) is 11.1. The molecule has 7 nitrogen and oxygen atoms in total. The number of anilines is 3. The van der Waals surface area contributed by atoms with Crippen LogP contribution >= 0.6 is 0 Å². The van der Waals surface area contributed by atoms with Crippen LogP contribution in [0, 0.1) is 11.3 Å². The molecule has 1 aromatic heterocycles. The zero-order valence-corrected chi connectivity index (χ0v) is 26.8. The third kappa shape index (κ3) is 9.97. The van der Waals surface area contributed by atoms with Gasteiger partial charge in [-0.3, -0.25) is 4.98 Å². The maximum Gasteiger partial charge on any atom is 0.346 e. The molecule has 46 heavy (non-hydrogen) atoms. The van der Waals surface area contributed by atoms with E-state index in [1.165, 1.54) is 44.6 Å². The molecule has 0 spiro atoms. The Kier molecular flexibility index (Phi) is 13.2. The number of ether oxygens (including phenoxy) is 2. The molecule has 0 aliphatic heterocycles. The van der Waals surface area contributed by atoms with Crippen LogP contribution < -0.4 is 14.4 Å². The van der Waals surface area contributed by atoms with Crippen molar-refractivity contribution in [1.82, 2.24) is 4.98 Å². The molecule has 0 radical (unpaired) electrons. The number of carbonyl (C=O) groups is 1. The van der Waals surface area contributed by atoms with Gasteiger partial charge < -0.3 is 19.5 Å². The fourth-order valence-electron chi connectivity index (χ4n) is 5.02. The van der Waals surface area contributed by atoms with Gasteiger partial charge in [-0.2, -0.15) is 5.26 Å². The van der Waals surface area contributed by atoms with Crippen molar-refractivity contribution in [3.8, 4) is 28.8 Å². The number of carboxylic acid groups (broad SMARTS) is 1. The standard InChI is InChI=1S/C39H43N3O4/c1-3-5-7-9-25-45-36-20-16-34(17-21-36)42(35-18-22-37(23-19-35)46-26-10-8-6-4-2)33-14-12-31(13-15-33)38-24-11-30(29-41-38)27-32(28-40)39(43)44/h11-24,27,29H,3-10,25-26H2,1-2H3,(H,43,44)/b32-27-. The number of rotatable bonds is 18. The largest absolute Gasteiger partial charge is 0.494 e. The number of aromatic nitrogens is 1. The van der Waals surface area contributed by atoms with E-state index in [1.54, 1.807) is 18.3 Å². The van der Waals surface area contributed by atoms with Gasteiger partial charge in [0, 0.05) is 28.8 Å². The van der Waals surface area contributed by atoms with Crippen LogP contribution in [0.1, 0.15) is 70.8 Å². The monoisotopic (exact) mass is 617 g/mol. The minimum atomic E-state index is -1.26. The Morgan fingerprint density at radius 1 is 0.739 bits per heavy atom. The summed E-state index contributed by atoms with van der Waals surface area (Å²) in [6.45, 7) is 5.85. The number of hydrogen-bond acceptors (Lipinski definition) is 6. The lowest BCUT2D eigenvalue weighted by Gasteiger charge is -2.26. The Bertz CT molecular complexity index is 1520. The Morgan fingerprint density at radius 2 is 1.24 bits per heavy atom. The molecular formula is C39H43N3O4. The van der Waals surface area contributed by atoms with Crippen molar-refractivity contribution in [1.29, 1.82) is 5.26 Å². The van der Waals surface area contributed by atoms with Crippen LogP contribution in [0.25, 0.3) is 17.3 Å². The molecule has 4 rings (SSSR count). The summed E-state index contributed by atoms with van der Waals surface area (Å²) < 4.78 is 12.0. The Labute approximate surface area is 272 Å². The van der Waals surface area contributed by atoms with E-state index in [0.717, 1.165) is 65.9 Å². The minimum Gasteiger partial charge on any atom is -0.494 e. The molecule has 0 saturated heterocycles. The second-order valence-electron chi connectivity index (χ2n) is 11.1. The summed E-state index contributed by atoms with van der Waals surface area (Å²) in [6, 6.07) is 29.8. The fourth-order valence-corrected chi connectivity index (χ4v) is 5.02. The van der Waals surface area contributed by atoms with Crippen LogP contribution in [0.15, 0.2) is 96.7 Å². The predicted octanol–water partition coefficient (Wildman–Crippen LogP) is 10.1. The van der Waals surface area contributed by atoms with Crippen molar-refractivity contribution in [3.63, 3.8) is 0 Å². The summed E-state index contributed by atoms with van der Waals surface area (Å²) in [5.41, 5.74) is 4.84. The molecule has 238 valence electrons. The van der Waals surface area contributed by atoms with Gasteiger partial charge in [-0.15, -0.1) is 0 Å². The van der Waals surface area contributed by atoms with E-state index in [0.29, 0.717) is 5.56 Å². The molecule has 0 atom stereocenters. The number of nitriles is 1. The molecule has 0 amide bonds. The Morgan fingerprint density at radius 3 is 1.65 bits per heavy atom. The number of carboxylic acids is 1. The highest BCUT2D eigenvalue weighted by molar-refractivity contribution is 5.96. The first-order valence-corrected chi connectivity index (χ1v) is 16.2. The minimum absolute atomic E-state index is 0.336. The van der Waals surface area contributed by atoms with Gasteiger partial charge >= 0.3 is 5.97 Å². The van der Waals surface area contributed by atoms with Crippen LogP contribution in [0.2, 0.25) is 0 Å². The molecule has 0 aliphatic carbocycles. The van der Waals surface area contributed by atoms with Crippen LogP contribution in [-0.4, -0.2) is 29.3 Å². The lowest BCUT2D eigenvalue weighted by Crippen LogP contribution is -2.10. The highest BCUT2D eigenvalue weighted by Crippen LogP contribution is 2.37. The van der Waals surface area contributed by atoms with Crippen molar-refractivity contribution in [2.75, 3.05) is 18.1 Å². The second-order valence-corrected chi connectivity index (χ2v) is 11.1. The van der Waals surface area contributed by atoms with Crippen molar-refractivity contribution in [3.05, 3.63) is 102 Å². The number of hydrogen-bond donors (Lipinski definition) is 1. The smallest absolute Gasteiger partial charge is 0.346 e. The summed E-state index contributed by atoms with van der Waals surface area (Å²) in [6.07, 6.45) is 12.2. The molecule has 1 N–H and O–H groups in total. The highest BCUT2D eigenvalue weighted by Gasteiger charge is 2.14. The number of aliphatic carboxylic acids is 1. The summed E-state index contributed by atoms with van der Waals surface area (Å²) in [4.78, 5) is 17.9. The summed E-state index contributed by atoms with van der Waals surface area (Å²) >= 11 is 0. The number of benzene rings is 3. The SMILES string of the molecule is CCCCCCOc1ccc(N(c2ccc(OCCCCCC)cc2)c2ccc(-c3ccc(/C=C(/C#N)C(=O)O)cn3)cc2)cc1. The molecule has 0 saturated carbocycles. The zero-order valence-electron chi connectivity index (χ0n) is 26.8. The molecular weight excluding hydrogens is 574 g/mol. The van der Waals surface area contributed by atoms with Gasteiger partial charge in [0.15, 0.2) is 0 Å². The summed E-state index contributed by atoms with van der Waals surface area (Å²) in [5.74, 6) is 0.454. The molecule has 0 aliphatic rings. The quantitative estimate of drug-likeness (QED) is 0.0674. The van der Waals surface area contributed by atoms with Gasteiger partial charge in [-0.25, -0.2) is 4.79 Å². The van der Waals surface area contributed by atoms with Crippen molar-refractivity contribution >= 4 is 29.1 Å². The third-order valence-corrected chi connectivity index (χ3v) is 7.59. The maximum atomic E-state index is 11.2. The second kappa shape index (κ2) is 18.0. The van der Waals surface area contributed by atoms with Gasteiger partial charge in [-0.1, -0.05) is 70.6 Å². The Hall–Kier alpha value is -5.09. The molecule has 4 aromatic rings. The van der Waals surface area contributed by atoms with E-state index in [2.05, 4.69) is 60.1 Å². The van der Waals surface area contributed by atoms with Gasteiger partial charge in [0.1, 0.15) is 23.1 Å². The fraction of sp³-hybridized carbons (Fsp3) is 0.308. The first-order chi connectivity index (χ1) is 22.5. The van der Waals surface area contributed by atoms with Gasteiger partial charge in [0.2, 0.25) is 0 Å². The van der Waals surface area contributed by atoms with Gasteiger partial charge in [-0.05, 0) is 91.2 Å². The van der Waals surface area contributed by atoms with Crippen molar-refractivity contribution in [2.45, 2.75) is 65.2 Å². The predicted molar refractivity (Wildman–Crippen MR) is 185 cm³/mol. The Balaban J connectivity index is 1.55. The van der Waals surface area contributed by atoms with E-state index in [1.807, 2.05) is 42.5 Å². The first-order valence-electron chi connectivity index (χ1n) is 16.2. The molecule has 0 fully saturated rings. The van der Waals surface area contributed by atoms with E-state index in [-0.39, 0.29) is 5.57 Å². The van der Waals surface area contributed by atoms with E-state index in [9.17, 15) is 4.79 Å². The van der Waals surface area contributed by atoms with Crippen molar-refractivity contribution in [2.24, 2.45) is 0 Å². The molecule has 3 aromatic carbocycles. The molecule has 1 heterocycles. The lowest BCUT2D eigenvalue weighted by molar-refractivity contribution is -0.132. The van der Waals surface area contributed by atoms with Crippen molar-refractivity contribution < 1.29 is 19.4 Å². The number of pyridine rings is 1. The lowest BCUT2D eigenvalue weighted by atomic mass is 10.1. The number of nitrogens with zero attached hydrogens (tertiary/aromatic N) is 3. The molecule has 0 unspecified atom stereocenters. The molecule has 7 heteroatoms. The van der Waals surface area contributed by atoms with E-state index >= 15 is 0 Å². The van der Waals surface area contributed by atoms with Crippen LogP contribution in [-0.2, 0) is 4.79 Å². The summed E-state index contributed by atoms with van der Waals surface area (Å²) in [5, 5.41) is 18.2. The van der Waals surface area contributed by atoms with Crippen LogP contribution in [0.4, 0.5) is 17.1 Å². The first kappa shape index (κ1) is 33.8.